The Bertz CT molecular complexity index is 581. The van der Waals surface area contributed by atoms with Crippen molar-refractivity contribution < 1.29 is 17.9 Å². The molecular weight excluding hydrogens is 316 g/mol. The summed E-state index contributed by atoms with van der Waals surface area (Å²) in [5.41, 5.74) is 0.657. The van der Waals surface area contributed by atoms with Gasteiger partial charge in [-0.2, -0.15) is 12.7 Å². The predicted molar refractivity (Wildman–Crippen MR) is 91.2 cm³/mol. The van der Waals surface area contributed by atoms with E-state index in [4.69, 9.17) is 9.47 Å². The number of rotatable bonds is 7. The molecule has 6 nitrogen and oxygen atoms in total. The highest BCUT2D eigenvalue weighted by molar-refractivity contribution is 7.90. The Kier molecular flexibility index (Phi) is 6.26. The number of anilines is 1. The Morgan fingerprint density at radius 1 is 1.17 bits per heavy atom. The van der Waals surface area contributed by atoms with Gasteiger partial charge in [0.2, 0.25) is 0 Å². The fraction of sp³-hybridized carbons (Fsp3) is 0.625. The molecule has 23 heavy (non-hydrogen) atoms. The number of benzene rings is 1. The van der Waals surface area contributed by atoms with Crippen molar-refractivity contribution in [1.29, 1.82) is 0 Å². The maximum atomic E-state index is 12.9. The Labute approximate surface area is 139 Å². The van der Waals surface area contributed by atoms with Crippen molar-refractivity contribution >= 4 is 15.9 Å². The second-order valence-corrected chi connectivity index (χ2v) is 7.29. The zero-order chi connectivity index (χ0) is 16.9. The summed E-state index contributed by atoms with van der Waals surface area (Å²) in [5.74, 6) is 0.741. The monoisotopic (exact) mass is 342 g/mol. The molecule has 0 radical (unpaired) electrons. The van der Waals surface area contributed by atoms with Crippen LogP contribution in [-0.4, -0.2) is 52.2 Å². The second kappa shape index (κ2) is 7.99. The lowest BCUT2D eigenvalue weighted by Gasteiger charge is -2.35. The molecule has 7 heteroatoms. The summed E-state index contributed by atoms with van der Waals surface area (Å²) in [7, 11) is -1.84. The summed E-state index contributed by atoms with van der Waals surface area (Å²) >= 11 is 0. The number of hydrogen-bond donors (Lipinski definition) is 0. The topological polar surface area (TPSA) is 59.1 Å². The van der Waals surface area contributed by atoms with E-state index >= 15 is 0 Å². The maximum absolute atomic E-state index is 12.9. The van der Waals surface area contributed by atoms with Gasteiger partial charge in [0.15, 0.2) is 0 Å². The second-order valence-electron chi connectivity index (χ2n) is 5.43. The highest BCUT2D eigenvalue weighted by atomic mass is 32.2. The lowest BCUT2D eigenvalue weighted by atomic mass is 10.1. The largest absolute Gasteiger partial charge is 0.494 e. The maximum Gasteiger partial charge on any atom is 0.304 e. The smallest absolute Gasteiger partial charge is 0.304 e. The fourth-order valence-corrected chi connectivity index (χ4v) is 4.46. The number of methoxy groups -OCH3 is 1. The van der Waals surface area contributed by atoms with Crippen molar-refractivity contribution in [3.8, 4) is 5.75 Å². The van der Waals surface area contributed by atoms with Crippen LogP contribution in [0.15, 0.2) is 24.3 Å². The van der Waals surface area contributed by atoms with Crippen molar-refractivity contribution in [2.45, 2.75) is 32.8 Å². The van der Waals surface area contributed by atoms with Gasteiger partial charge in [-0.05, 0) is 51.0 Å². The Balaban J connectivity index is 2.15. The van der Waals surface area contributed by atoms with Crippen LogP contribution in [-0.2, 0) is 14.9 Å². The van der Waals surface area contributed by atoms with Crippen molar-refractivity contribution in [2.75, 3.05) is 37.7 Å². The molecule has 1 fully saturated rings. The Hall–Kier alpha value is -1.31. The zero-order valence-electron chi connectivity index (χ0n) is 14.1. The fourth-order valence-electron chi connectivity index (χ4n) is 2.79. The van der Waals surface area contributed by atoms with E-state index in [1.165, 1.54) is 4.31 Å². The van der Waals surface area contributed by atoms with E-state index in [0.29, 0.717) is 31.9 Å². The average Bonchev–Trinajstić information content (AvgIpc) is 2.57. The van der Waals surface area contributed by atoms with E-state index < -0.39 is 10.2 Å². The number of nitrogens with zero attached hydrogens (tertiary/aromatic N) is 2. The van der Waals surface area contributed by atoms with Gasteiger partial charge in [-0.25, -0.2) is 0 Å². The third-order valence-electron chi connectivity index (χ3n) is 4.06. The van der Waals surface area contributed by atoms with E-state index in [9.17, 15) is 8.42 Å². The number of piperidine rings is 1. The van der Waals surface area contributed by atoms with Crippen molar-refractivity contribution in [3.05, 3.63) is 24.3 Å². The lowest BCUT2D eigenvalue weighted by molar-refractivity contribution is 0.0604. The number of ether oxygens (including phenoxy) is 2. The van der Waals surface area contributed by atoms with Gasteiger partial charge >= 0.3 is 10.2 Å². The Morgan fingerprint density at radius 3 is 2.26 bits per heavy atom. The van der Waals surface area contributed by atoms with Gasteiger partial charge in [0.05, 0.1) is 18.4 Å². The quantitative estimate of drug-likeness (QED) is 0.763. The van der Waals surface area contributed by atoms with E-state index in [1.54, 1.807) is 35.7 Å². The highest BCUT2D eigenvalue weighted by Crippen LogP contribution is 2.25. The van der Waals surface area contributed by atoms with Crippen LogP contribution in [0.3, 0.4) is 0 Å². The summed E-state index contributed by atoms with van der Waals surface area (Å²) in [6, 6.07) is 7.17. The average molecular weight is 342 g/mol. The van der Waals surface area contributed by atoms with Crippen LogP contribution < -0.4 is 9.04 Å². The van der Waals surface area contributed by atoms with Crippen molar-refractivity contribution in [3.63, 3.8) is 0 Å². The normalized spacial score (nSPS) is 17.2. The summed E-state index contributed by atoms with van der Waals surface area (Å²) in [6.45, 7) is 5.73. The molecule has 1 heterocycles. The predicted octanol–water partition coefficient (Wildman–Crippen LogP) is 2.27. The first kappa shape index (κ1) is 18.0. The van der Waals surface area contributed by atoms with Gasteiger partial charge in [0.1, 0.15) is 5.75 Å². The summed E-state index contributed by atoms with van der Waals surface area (Å²) in [5, 5.41) is 0. The van der Waals surface area contributed by atoms with E-state index in [2.05, 4.69) is 0 Å². The van der Waals surface area contributed by atoms with Crippen LogP contribution in [0.5, 0.6) is 5.75 Å². The van der Waals surface area contributed by atoms with Gasteiger partial charge in [0.25, 0.3) is 0 Å². The van der Waals surface area contributed by atoms with Gasteiger partial charge in [-0.15, -0.1) is 0 Å². The third-order valence-corrected chi connectivity index (χ3v) is 6.11. The molecule has 130 valence electrons. The molecule has 0 atom stereocenters. The molecule has 0 N–H and O–H groups in total. The zero-order valence-corrected chi connectivity index (χ0v) is 14.9. The highest BCUT2D eigenvalue weighted by Gasteiger charge is 2.32. The SMILES string of the molecule is CCOc1ccc(N(CC)S(=O)(=O)N2CCC(OC)CC2)cc1. The first-order valence-electron chi connectivity index (χ1n) is 8.06. The van der Waals surface area contributed by atoms with E-state index in [0.717, 1.165) is 18.6 Å². The molecule has 0 aliphatic carbocycles. The molecule has 0 amide bonds. The minimum Gasteiger partial charge on any atom is -0.494 e. The Morgan fingerprint density at radius 2 is 1.78 bits per heavy atom. The first-order valence-corrected chi connectivity index (χ1v) is 9.46. The van der Waals surface area contributed by atoms with Gasteiger partial charge in [-0.3, -0.25) is 4.31 Å². The standard InChI is InChI=1S/C16H26N2O4S/c1-4-18(14-6-8-16(9-7-14)22-5-2)23(19,20)17-12-10-15(21-3)11-13-17/h6-9,15H,4-5,10-13H2,1-3H3. The lowest BCUT2D eigenvalue weighted by Crippen LogP contribution is -2.48. The van der Waals surface area contributed by atoms with Crippen LogP contribution in [0.2, 0.25) is 0 Å². The van der Waals surface area contributed by atoms with Crippen LogP contribution in [0.4, 0.5) is 5.69 Å². The molecular formula is C16H26N2O4S. The van der Waals surface area contributed by atoms with Gasteiger partial charge in [0, 0.05) is 26.7 Å². The molecule has 1 saturated heterocycles. The molecule has 0 aromatic heterocycles. The van der Waals surface area contributed by atoms with Crippen LogP contribution in [0.25, 0.3) is 0 Å². The molecule has 1 aromatic carbocycles. The summed E-state index contributed by atoms with van der Waals surface area (Å²) < 4.78 is 39.5. The molecule has 2 rings (SSSR count). The van der Waals surface area contributed by atoms with E-state index in [1.807, 2.05) is 13.8 Å². The van der Waals surface area contributed by atoms with E-state index in [-0.39, 0.29) is 6.10 Å². The van der Waals surface area contributed by atoms with Crippen LogP contribution in [0.1, 0.15) is 26.7 Å². The molecule has 0 unspecified atom stereocenters. The van der Waals surface area contributed by atoms with Crippen molar-refractivity contribution in [1.82, 2.24) is 4.31 Å². The molecule has 1 aliphatic rings. The summed E-state index contributed by atoms with van der Waals surface area (Å²) in [6.07, 6.45) is 1.62. The van der Waals surface area contributed by atoms with Gasteiger partial charge < -0.3 is 9.47 Å². The third kappa shape index (κ3) is 4.16. The molecule has 0 bridgehead atoms. The minimum absolute atomic E-state index is 0.155. The first-order chi connectivity index (χ1) is 11.0. The molecule has 0 spiro atoms. The number of hydrogen-bond acceptors (Lipinski definition) is 4. The van der Waals surface area contributed by atoms with Gasteiger partial charge in [-0.1, -0.05) is 0 Å². The van der Waals surface area contributed by atoms with Crippen LogP contribution >= 0.6 is 0 Å². The van der Waals surface area contributed by atoms with Crippen LogP contribution in [0, 0.1) is 0 Å². The minimum atomic E-state index is -3.51. The molecule has 1 aromatic rings. The van der Waals surface area contributed by atoms with Crippen molar-refractivity contribution in [2.24, 2.45) is 0 Å². The molecule has 0 saturated carbocycles. The molecule has 1 aliphatic heterocycles. The summed E-state index contributed by atoms with van der Waals surface area (Å²) in [4.78, 5) is 0.